The largest absolute Gasteiger partial charge is 0.494 e. The maximum absolute atomic E-state index is 13.5. The summed E-state index contributed by atoms with van der Waals surface area (Å²) in [6, 6.07) is 4.64. The summed E-state index contributed by atoms with van der Waals surface area (Å²) in [4.78, 5) is 12.1. The second kappa shape index (κ2) is 6.22. The number of nitrogens with one attached hydrogen (secondary N) is 1. The third-order valence-corrected chi connectivity index (χ3v) is 3.87. The lowest BCUT2D eigenvalue weighted by molar-refractivity contribution is -0.127. The van der Waals surface area contributed by atoms with Gasteiger partial charge in [-0.15, -0.1) is 0 Å². The Hall–Kier alpha value is -1.62. The van der Waals surface area contributed by atoms with Crippen molar-refractivity contribution in [2.24, 2.45) is 5.73 Å². The summed E-state index contributed by atoms with van der Waals surface area (Å²) in [5.74, 6) is -0.379. The van der Waals surface area contributed by atoms with Gasteiger partial charge in [0.05, 0.1) is 12.6 Å². The number of benzene rings is 1. The van der Waals surface area contributed by atoms with Gasteiger partial charge in [0.1, 0.15) is 0 Å². The van der Waals surface area contributed by atoms with Crippen LogP contribution in [0.1, 0.15) is 37.7 Å². The molecular formula is C15H21FN2O2. The van der Waals surface area contributed by atoms with Gasteiger partial charge in [-0.05, 0) is 30.5 Å². The van der Waals surface area contributed by atoms with Gasteiger partial charge in [0.15, 0.2) is 11.6 Å². The third kappa shape index (κ3) is 3.28. The molecule has 1 aromatic carbocycles. The van der Waals surface area contributed by atoms with Crippen molar-refractivity contribution in [3.63, 3.8) is 0 Å². The SMILES string of the molecule is COc1ccc(CNC(=O)C2(N)CCCCC2)cc1F. The van der Waals surface area contributed by atoms with Crippen LogP contribution in [-0.4, -0.2) is 18.6 Å². The van der Waals surface area contributed by atoms with E-state index in [4.69, 9.17) is 10.5 Å². The molecule has 1 aliphatic carbocycles. The summed E-state index contributed by atoms with van der Waals surface area (Å²) in [6.07, 6.45) is 4.55. The lowest BCUT2D eigenvalue weighted by Gasteiger charge is -2.31. The van der Waals surface area contributed by atoms with Crippen LogP contribution in [0.4, 0.5) is 4.39 Å². The molecule has 0 bridgehead atoms. The molecule has 1 amide bonds. The maximum atomic E-state index is 13.5. The van der Waals surface area contributed by atoms with Crippen LogP contribution in [0.25, 0.3) is 0 Å². The van der Waals surface area contributed by atoms with Crippen molar-refractivity contribution in [2.75, 3.05) is 7.11 Å². The zero-order valence-corrected chi connectivity index (χ0v) is 11.7. The highest BCUT2D eigenvalue weighted by molar-refractivity contribution is 5.86. The Morgan fingerprint density at radius 2 is 2.10 bits per heavy atom. The highest BCUT2D eigenvalue weighted by Gasteiger charge is 2.34. The van der Waals surface area contributed by atoms with Crippen LogP contribution in [0, 0.1) is 5.82 Å². The van der Waals surface area contributed by atoms with Crippen LogP contribution in [0.15, 0.2) is 18.2 Å². The minimum Gasteiger partial charge on any atom is -0.494 e. The van der Waals surface area contributed by atoms with Crippen molar-refractivity contribution < 1.29 is 13.9 Å². The monoisotopic (exact) mass is 280 g/mol. The Labute approximate surface area is 118 Å². The van der Waals surface area contributed by atoms with Gasteiger partial charge < -0.3 is 15.8 Å². The molecular weight excluding hydrogens is 259 g/mol. The van der Waals surface area contributed by atoms with Crippen molar-refractivity contribution >= 4 is 5.91 Å². The molecule has 4 nitrogen and oxygen atoms in total. The first-order chi connectivity index (χ1) is 9.55. The summed E-state index contributed by atoms with van der Waals surface area (Å²) in [6.45, 7) is 0.276. The predicted octanol–water partition coefficient (Wildman–Crippen LogP) is 2.11. The average molecular weight is 280 g/mol. The molecule has 0 aliphatic heterocycles. The van der Waals surface area contributed by atoms with Crippen molar-refractivity contribution in [1.29, 1.82) is 0 Å². The molecule has 5 heteroatoms. The van der Waals surface area contributed by atoms with Crippen molar-refractivity contribution in [2.45, 2.75) is 44.2 Å². The number of carbonyl (C=O) groups excluding carboxylic acids is 1. The fraction of sp³-hybridized carbons (Fsp3) is 0.533. The molecule has 0 atom stereocenters. The summed E-state index contributed by atoms with van der Waals surface area (Å²) >= 11 is 0. The summed E-state index contributed by atoms with van der Waals surface area (Å²) in [7, 11) is 1.42. The molecule has 0 radical (unpaired) electrons. The normalized spacial score (nSPS) is 17.6. The molecule has 1 saturated carbocycles. The molecule has 3 N–H and O–H groups in total. The summed E-state index contributed by atoms with van der Waals surface area (Å²) < 4.78 is 18.4. The van der Waals surface area contributed by atoms with Gasteiger partial charge in [0.25, 0.3) is 0 Å². The fourth-order valence-corrected chi connectivity index (χ4v) is 2.59. The second-order valence-corrected chi connectivity index (χ2v) is 5.37. The minimum absolute atomic E-state index is 0.145. The molecule has 0 aromatic heterocycles. The molecule has 0 saturated heterocycles. The Morgan fingerprint density at radius 3 is 2.70 bits per heavy atom. The van der Waals surface area contributed by atoms with Crippen molar-refractivity contribution in [1.82, 2.24) is 5.32 Å². The van der Waals surface area contributed by atoms with E-state index in [-0.39, 0.29) is 18.2 Å². The number of hydrogen-bond donors (Lipinski definition) is 2. The lowest BCUT2D eigenvalue weighted by atomic mass is 9.82. The Kier molecular flexibility index (Phi) is 4.60. The standard InChI is InChI=1S/C15H21FN2O2/c1-20-13-6-5-11(9-12(13)16)10-18-14(19)15(17)7-3-2-4-8-15/h5-6,9H,2-4,7-8,10,17H2,1H3,(H,18,19). The fourth-order valence-electron chi connectivity index (χ4n) is 2.59. The van der Waals surface area contributed by atoms with Gasteiger partial charge >= 0.3 is 0 Å². The van der Waals surface area contributed by atoms with Crippen molar-refractivity contribution in [3.05, 3.63) is 29.6 Å². The molecule has 0 heterocycles. The van der Waals surface area contributed by atoms with Gasteiger partial charge in [-0.25, -0.2) is 4.39 Å². The molecule has 0 spiro atoms. The first-order valence-electron chi connectivity index (χ1n) is 6.95. The van der Waals surface area contributed by atoms with Gasteiger partial charge in [0.2, 0.25) is 5.91 Å². The number of ether oxygens (including phenoxy) is 1. The first-order valence-corrected chi connectivity index (χ1v) is 6.95. The number of methoxy groups -OCH3 is 1. The average Bonchev–Trinajstić information content (AvgIpc) is 2.45. The van der Waals surface area contributed by atoms with E-state index in [1.165, 1.54) is 13.2 Å². The maximum Gasteiger partial charge on any atom is 0.240 e. The van der Waals surface area contributed by atoms with E-state index >= 15 is 0 Å². The highest BCUT2D eigenvalue weighted by Crippen LogP contribution is 2.26. The van der Waals surface area contributed by atoms with Crippen LogP contribution in [0.5, 0.6) is 5.75 Å². The minimum atomic E-state index is -0.761. The number of rotatable bonds is 4. The molecule has 2 rings (SSSR count). The van der Waals surface area contributed by atoms with Crippen LogP contribution in [-0.2, 0) is 11.3 Å². The molecule has 1 aliphatic rings. The Morgan fingerprint density at radius 1 is 1.40 bits per heavy atom. The number of hydrogen-bond acceptors (Lipinski definition) is 3. The van der Waals surface area contributed by atoms with E-state index in [0.29, 0.717) is 5.56 Å². The van der Waals surface area contributed by atoms with Crippen LogP contribution in [0.2, 0.25) is 0 Å². The third-order valence-electron chi connectivity index (χ3n) is 3.87. The molecule has 0 unspecified atom stereocenters. The number of carbonyl (C=O) groups is 1. The molecule has 1 fully saturated rings. The van der Waals surface area contributed by atoms with E-state index in [2.05, 4.69) is 5.32 Å². The summed E-state index contributed by atoms with van der Waals surface area (Å²) in [5, 5.41) is 2.80. The van der Waals surface area contributed by atoms with Crippen LogP contribution < -0.4 is 15.8 Å². The van der Waals surface area contributed by atoms with Gasteiger partial charge in [-0.3, -0.25) is 4.79 Å². The van der Waals surface area contributed by atoms with Gasteiger partial charge in [0, 0.05) is 6.54 Å². The van der Waals surface area contributed by atoms with Gasteiger partial charge in [-0.1, -0.05) is 25.3 Å². The van der Waals surface area contributed by atoms with Crippen LogP contribution >= 0.6 is 0 Å². The smallest absolute Gasteiger partial charge is 0.240 e. The number of amides is 1. The van der Waals surface area contributed by atoms with Gasteiger partial charge in [-0.2, -0.15) is 0 Å². The quantitative estimate of drug-likeness (QED) is 0.888. The highest BCUT2D eigenvalue weighted by atomic mass is 19.1. The zero-order chi connectivity index (χ0) is 14.6. The van der Waals surface area contributed by atoms with E-state index in [0.717, 1.165) is 32.1 Å². The van der Waals surface area contributed by atoms with Crippen LogP contribution in [0.3, 0.4) is 0 Å². The zero-order valence-electron chi connectivity index (χ0n) is 11.7. The first kappa shape index (κ1) is 14.8. The predicted molar refractivity (Wildman–Crippen MR) is 74.8 cm³/mol. The van der Waals surface area contributed by atoms with E-state index in [9.17, 15) is 9.18 Å². The van der Waals surface area contributed by atoms with E-state index < -0.39 is 11.4 Å². The Bertz CT molecular complexity index is 485. The number of halogens is 1. The van der Waals surface area contributed by atoms with E-state index in [1.54, 1.807) is 12.1 Å². The topological polar surface area (TPSA) is 64.3 Å². The summed E-state index contributed by atoms with van der Waals surface area (Å²) in [5.41, 5.74) is 6.07. The molecule has 20 heavy (non-hydrogen) atoms. The van der Waals surface area contributed by atoms with E-state index in [1.807, 2.05) is 0 Å². The van der Waals surface area contributed by atoms with Crippen molar-refractivity contribution in [3.8, 4) is 5.75 Å². The molecule has 1 aromatic rings. The second-order valence-electron chi connectivity index (χ2n) is 5.37. The lowest BCUT2D eigenvalue weighted by Crippen LogP contribution is -2.54. The number of nitrogens with two attached hydrogens (primary N) is 1. The molecule has 110 valence electrons. The Balaban J connectivity index is 1.94.